The highest BCUT2D eigenvalue weighted by molar-refractivity contribution is 7.85. The van der Waals surface area contributed by atoms with Crippen LogP contribution in [0.1, 0.15) is 0 Å². The number of rotatable bonds is 4. The van der Waals surface area contributed by atoms with Gasteiger partial charge in [0.1, 0.15) is 0 Å². The van der Waals surface area contributed by atoms with E-state index in [0.717, 1.165) is 0 Å². The smallest absolute Gasteiger partial charge is 0.266 e. The van der Waals surface area contributed by atoms with E-state index >= 15 is 0 Å². The lowest BCUT2D eigenvalue weighted by Gasteiger charge is -2.02. The van der Waals surface area contributed by atoms with Crippen LogP contribution in [0.4, 0.5) is 5.69 Å². The van der Waals surface area contributed by atoms with Crippen molar-refractivity contribution in [3.8, 4) is 0 Å². The molecule has 0 aliphatic heterocycles. The van der Waals surface area contributed by atoms with Gasteiger partial charge in [0.05, 0.1) is 5.75 Å². The molecule has 0 saturated carbocycles. The number of anilines is 1. The molecule has 1 rings (SSSR count). The van der Waals surface area contributed by atoms with Gasteiger partial charge in [-0.2, -0.15) is 8.42 Å². The van der Waals surface area contributed by atoms with E-state index in [2.05, 4.69) is 17.4 Å². The van der Waals surface area contributed by atoms with Crippen LogP contribution in [0, 0.1) is 12.1 Å². The van der Waals surface area contributed by atoms with E-state index in [1.54, 1.807) is 18.2 Å². The quantitative estimate of drug-likeness (QED) is 0.696. The van der Waals surface area contributed by atoms with Crippen LogP contribution in [0.5, 0.6) is 0 Å². The van der Waals surface area contributed by atoms with Gasteiger partial charge in [0, 0.05) is 18.3 Å². The van der Waals surface area contributed by atoms with Crippen molar-refractivity contribution in [1.29, 1.82) is 0 Å². The van der Waals surface area contributed by atoms with Crippen LogP contribution in [0.3, 0.4) is 0 Å². The summed E-state index contributed by atoms with van der Waals surface area (Å²) in [5, 5.41) is 2.79. The first kappa shape index (κ1) is 10.0. The molecule has 70 valence electrons. The Morgan fingerprint density at radius 3 is 2.85 bits per heavy atom. The van der Waals surface area contributed by atoms with Gasteiger partial charge < -0.3 is 5.32 Å². The maximum atomic E-state index is 10.3. The zero-order valence-corrected chi connectivity index (χ0v) is 7.63. The third-order valence-electron chi connectivity index (χ3n) is 1.33. The predicted octanol–water partition coefficient (Wildman–Crippen LogP) is 0.587. The zero-order valence-electron chi connectivity index (χ0n) is 6.82. The summed E-state index contributed by atoms with van der Waals surface area (Å²) in [5.41, 5.74) is 0.683. The number of hydrogen-bond donors (Lipinski definition) is 2. The second-order valence-electron chi connectivity index (χ2n) is 2.42. The van der Waals surface area contributed by atoms with Gasteiger partial charge >= 0.3 is 0 Å². The lowest BCUT2D eigenvalue weighted by Crippen LogP contribution is -2.14. The topological polar surface area (TPSA) is 66.4 Å². The maximum absolute atomic E-state index is 10.3. The van der Waals surface area contributed by atoms with E-state index in [1.165, 1.54) is 0 Å². The van der Waals surface area contributed by atoms with Gasteiger partial charge in [-0.15, -0.1) is 0 Å². The van der Waals surface area contributed by atoms with Crippen LogP contribution in [0.25, 0.3) is 0 Å². The predicted molar refractivity (Wildman–Crippen MR) is 49.0 cm³/mol. The highest BCUT2D eigenvalue weighted by atomic mass is 32.2. The van der Waals surface area contributed by atoms with Gasteiger partial charge in [-0.1, -0.05) is 6.07 Å². The van der Waals surface area contributed by atoms with Gasteiger partial charge in [0.15, 0.2) is 0 Å². The first-order chi connectivity index (χ1) is 6.08. The number of benzene rings is 1. The lowest BCUT2D eigenvalue weighted by atomic mass is 10.3. The van der Waals surface area contributed by atoms with E-state index in [1.807, 2.05) is 0 Å². The van der Waals surface area contributed by atoms with E-state index < -0.39 is 10.1 Å². The second-order valence-corrected chi connectivity index (χ2v) is 3.99. The summed E-state index contributed by atoms with van der Waals surface area (Å²) in [6.45, 7) is 0.166. The highest BCUT2D eigenvalue weighted by Crippen LogP contribution is 2.02. The molecule has 1 aromatic rings. The Kier molecular flexibility index (Phi) is 3.27. The fraction of sp³-hybridized carbons (Fsp3) is 0.250. The van der Waals surface area contributed by atoms with Gasteiger partial charge in [-0.3, -0.25) is 4.55 Å². The molecule has 0 fully saturated rings. The molecule has 2 N–H and O–H groups in total. The Hall–Kier alpha value is -1.07. The van der Waals surface area contributed by atoms with Gasteiger partial charge in [0.2, 0.25) is 0 Å². The van der Waals surface area contributed by atoms with E-state index in [-0.39, 0.29) is 12.3 Å². The summed E-state index contributed by atoms with van der Waals surface area (Å²) in [6.07, 6.45) is 0. The maximum Gasteiger partial charge on any atom is 0.266 e. The molecular formula is C8H9NO3S. The molecule has 1 aromatic carbocycles. The number of nitrogens with one attached hydrogen (secondary N) is 1. The SMILES string of the molecule is O=S(=O)(O)CCNc1[c]c[c]cc1. The minimum Gasteiger partial charge on any atom is -0.383 e. The van der Waals surface area contributed by atoms with Crippen LogP contribution >= 0.6 is 0 Å². The number of hydrogen-bond acceptors (Lipinski definition) is 3. The molecule has 5 heteroatoms. The Bertz CT molecular complexity index is 347. The zero-order chi connectivity index (χ0) is 9.73. The molecule has 0 saturated heterocycles. The Labute approximate surface area is 77.3 Å². The summed E-state index contributed by atoms with van der Waals surface area (Å²) in [7, 11) is -3.88. The summed E-state index contributed by atoms with van der Waals surface area (Å²) < 4.78 is 29.1. The molecule has 0 aromatic heterocycles. The Morgan fingerprint density at radius 2 is 2.31 bits per heavy atom. The van der Waals surface area contributed by atoms with Crippen LogP contribution in [-0.4, -0.2) is 25.3 Å². The summed E-state index contributed by atoms with van der Waals surface area (Å²) in [6, 6.07) is 10.6. The monoisotopic (exact) mass is 199 g/mol. The van der Waals surface area contributed by atoms with Crippen molar-refractivity contribution < 1.29 is 13.0 Å². The molecule has 0 atom stereocenters. The molecule has 0 aliphatic rings. The molecule has 0 amide bonds. The van der Waals surface area contributed by atoms with E-state index in [9.17, 15) is 8.42 Å². The third kappa shape index (κ3) is 4.49. The molecule has 2 radical (unpaired) electrons. The average Bonchev–Trinajstić information content (AvgIpc) is 2.04. The second kappa shape index (κ2) is 4.25. The largest absolute Gasteiger partial charge is 0.383 e. The minimum atomic E-state index is -3.88. The van der Waals surface area contributed by atoms with Crippen molar-refractivity contribution in [3.05, 3.63) is 30.3 Å². The molecule has 0 unspecified atom stereocenters. The van der Waals surface area contributed by atoms with Gasteiger partial charge in [0.25, 0.3) is 10.1 Å². The normalized spacial score (nSPS) is 11.2. The summed E-state index contributed by atoms with van der Waals surface area (Å²) in [5.74, 6) is -0.306. The van der Waals surface area contributed by atoms with Crippen molar-refractivity contribution in [1.82, 2.24) is 0 Å². The molecule has 0 aliphatic carbocycles. The highest BCUT2D eigenvalue weighted by Gasteiger charge is 2.02. The Morgan fingerprint density at radius 1 is 1.54 bits per heavy atom. The Balaban J connectivity index is 2.37. The van der Waals surface area contributed by atoms with Gasteiger partial charge in [-0.05, 0) is 18.2 Å². The van der Waals surface area contributed by atoms with E-state index in [0.29, 0.717) is 5.69 Å². The average molecular weight is 199 g/mol. The lowest BCUT2D eigenvalue weighted by molar-refractivity contribution is 0.484. The van der Waals surface area contributed by atoms with E-state index in [4.69, 9.17) is 4.55 Å². The first-order valence-corrected chi connectivity index (χ1v) is 5.26. The van der Waals surface area contributed by atoms with Crippen LogP contribution in [0.15, 0.2) is 18.2 Å². The molecule has 0 spiro atoms. The molecule has 0 bridgehead atoms. The fourth-order valence-electron chi connectivity index (χ4n) is 0.772. The molecule has 4 nitrogen and oxygen atoms in total. The standard InChI is InChI=1S/C8H9NO3S/c10-13(11,12)7-6-9-8-4-2-1-3-5-8/h2-4,9H,6-7H2,(H,10,11,12). The third-order valence-corrected chi connectivity index (χ3v) is 2.05. The van der Waals surface area contributed by atoms with Crippen molar-refractivity contribution >= 4 is 15.8 Å². The van der Waals surface area contributed by atoms with Crippen LogP contribution in [0.2, 0.25) is 0 Å². The molecule has 0 heterocycles. The molecular weight excluding hydrogens is 190 g/mol. The fourth-order valence-corrected chi connectivity index (χ4v) is 1.13. The van der Waals surface area contributed by atoms with Crippen LogP contribution < -0.4 is 5.32 Å². The summed E-state index contributed by atoms with van der Waals surface area (Å²) >= 11 is 0. The van der Waals surface area contributed by atoms with Crippen molar-refractivity contribution in [3.63, 3.8) is 0 Å². The summed E-state index contributed by atoms with van der Waals surface area (Å²) in [4.78, 5) is 0. The van der Waals surface area contributed by atoms with Gasteiger partial charge in [-0.25, -0.2) is 0 Å². The van der Waals surface area contributed by atoms with Crippen molar-refractivity contribution in [2.75, 3.05) is 17.6 Å². The van der Waals surface area contributed by atoms with Crippen LogP contribution in [-0.2, 0) is 10.1 Å². The first-order valence-electron chi connectivity index (χ1n) is 3.65. The minimum absolute atomic E-state index is 0.166. The van der Waals surface area contributed by atoms with Crippen molar-refractivity contribution in [2.45, 2.75) is 0 Å². The van der Waals surface area contributed by atoms with Crippen molar-refractivity contribution in [2.24, 2.45) is 0 Å². The molecule has 13 heavy (non-hydrogen) atoms.